The summed E-state index contributed by atoms with van der Waals surface area (Å²) in [7, 11) is 1.75. The van der Waals surface area contributed by atoms with Crippen LogP contribution in [0.1, 0.15) is 24.6 Å². The highest BCUT2D eigenvalue weighted by Gasteiger charge is 2.31. The van der Waals surface area contributed by atoms with Crippen LogP contribution in [-0.2, 0) is 4.79 Å². The molecule has 2 saturated heterocycles. The third-order valence-electron chi connectivity index (χ3n) is 4.22. The van der Waals surface area contributed by atoms with Crippen molar-refractivity contribution in [3.05, 3.63) is 12.2 Å². The first kappa shape index (κ1) is 13.8. The molecule has 8 heteroatoms. The van der Waals surface area contributed by atoms with Crippen molar-refractivity contribution in [3.8, 4) is 0 Å². The Labute approximate surface area is 122 Å². The predicted molar refractivity (Wildman–Crippen MR) is 72.5 cm³/mol. The third-order valence-corrected chi connectivity index (χ3v) is 4.22. The molecular weight excluding hydrogens is 274 g/mol. The van der Waals surface area contributed by atoms with Gasteiger partial charge in [0, 0.05) is 39.1 Å². The first-order valence-electron chi connectivity index (χ1n) is 7.19. The predicted octanol–water partition coefficient (Wildman–Crippen LogP) is 0.143. The van der Waals surface area contributed by atoms with Gasteiger partial charge in [-0.05, 0) is 12.8 Å². The van der Waals surface area contributed by atoms with Gasteiger partial charge in [0.05, 0.1) is 0 Å². The summed E-state index contributed by atoms with van der Waals surface area (Å²) in [6.45, 7) is 2.84. The molecule has 0 atom stereocenters. The number of amides is 3. The lowest BCUT2D eigenvalue weighted by Gasteiger charge is -2.31. The van der Waals surface area contributed by atoms with Gasteiger partial charge in [-0.1, -0.05) is 5.16 Å². The van der Waals surface area contributed by atoms with E-state index in [9.17, 15) is 9.59 Å². The second-order valence-electron chi connectivity index (χ2n) is 5.57. The fraction of sp³-hybridized carbons (Fsp3) is 0.692. The monoisotopic (exact) mass is 293 g/mol. The maximum atomic E-state index is 12.3. The summed E-state index contributed by atoms with van der Waals surface area (Å²) >= 11 is 0. The zero-order chi connectivity index (χ0) is 14.8. The van der Waals surface area contributed by atoms with Gasteiger partial charge in [0.2, 0.25) is 12.3 Å². The van der Waals surface area contributed by atoms with Gasteiger partial charge in [-0.15, -0.1) is 0 Å². The number of hydrogen-bond acceptors (Lipinski definition) is 5. The lowest BCUT2D eigenvalue weighted by molar-refractivity contribution is -0.132. The summed E-state index contributed by atoms with van der Waals surface area (Å²) in [4.78, 5) is 33.2. The molecule has 0 aromatic carbocycles. The number of hydrogen-bond donors (Lipinski definition) is 0. The Morgan fingerprint density at radius 1 is 1.33 bits per heavy atom. The van der Waals surface area contributed by atoms with E-state index in [0.29, 0.717) is 26.2 Å². The second kappa shape index (κ2) is 5.71. The minimum atomic E-state index is -0.0648. The van der Waals surface area contributed by atoms with Gasteiger partial charge in [0.15, 0.2) is 5.82 Å². The number of nitrogens with zero attached hydrogens (tertiary/aromatic N) is 5. The van der Waals surface area contributed by atoms with Crippen molar-refractivity contribution in [2.24, 2.45) is 0 Å². The Morgan fingerprint density at radius 3 is 2.67 bits per heavy atom. The number of urea groups is 1. The highest BCUT2D eigenvalue weighted by atomic mass is 16.5. The molecule has 0 saturated carbocycles. The van der Waals surface area contributed by atoms with Crippen molar-refractivity contribution in [2.45, 2.75) is 18.8 Å². The Hall–Kier alpha value is -2.12. The molecule has 0 unspecified atom stereocenters. The molecule has 8 nitrogen and oxygen atoms in total. The molecule has 1 aromatic heterocycles. The van der Waals surface area contributed by atoms with Crippen molar-refractivity contribution in [1.82, 2.24) is 24.8 Å². The highest BCUT2D eigenvalue weighted by Crippen LogP contribution is 2.25. The van der Waals surface area contributed by atoms with E-state index in [2.05, 4.69) is 10.1 Å². The summed E-state index contributed by atoms with van der Waals surface area (Å²) in [5.41, 5.74) is 0. The average molecular weight is 293 g/mol. The van der Waals surface area contributed by atoms with Gasteiger partial charge in [-0.2, -0.15) is 4.98 Å². The van der Waals surface area contributed by atoms with E-state index in [1.165, 1.54) is 6.39 Å². The van der Waals surface area contributed by atoms with Gasteiger partial charge in [0.25, 0.3) is 0 Å². The lowest BCUT2D eigenvalue weighted by atomic mass is 9.96. The summed E-state index contributed by atoms with van der Waals surface area (Å²) in [5.74, 6) is 0.996. The first-order chi connectivity index (χ1) is 10.1. The smallest absolute Gasteiger partial charge is 0.320 e. The number of piperidine rings is 1. The van der Waals surface area contributed by atoms with Crippen LogP contribution in [0.4, 0.5) is 4.79 Å². The average Bonchev–Trinajstić information content (AvgIpc) is 3.13. The number of likely N-dealkylation sites (N-methyl/N-ethyl adjacent to an activating group) is 1. The van der Waals surface area contributed by atoms with Crippen molar-refractivity contribution in [1.29, 1.82) is 0 Å². The summed E-state index contributed by atoms with van der Waals surface area (Å²) in [5, 5.41) is 3.86. The van der Waals surface area contributed by atoms with Gasteiger partial charge in [-0.3, -0.25) is 4.79 Å². The fourth-order valence-corrected chi connectivity index (χ4v) is 2.86. The van der Waals surface area contributed by atoms with Gasteiger partial charge >= 0.3 is 6.03 Å². The van der Waals surface area contributed by atoms with E-state index in [1.54, 1.807) is 16.8 Å². The maximum Gasteiger partial charge on any atom is 0.320 e. The molecular formula is C13H19N5O3. The van der Waals surface area contributed by atoms with E-state index in [-0.39, 0.29) is 24.4 Å². The largest absolute Gasteiger partial charge is 0.343 e. The van der Waals surface area contributed by atoms with Crippen LogP contribution in [-0.4, -0.2) is 76.6 Å². The molecule has 3 amide bonds. The van der Waals surface area contributed by atoms with E-state index in [4.69, 9.17) is 4.52 Å². The maximum absolute atomic E-state index is 12.3. The molecule has 2 fully saturated rings. The molecule has 114 valence electrons. The number of rotatable bonds is 3. The van der Waals surface area contributed by atoms with Crippen LogP contribution >= 0.6 is 0 Å². The van der Waals surface area contributed by atoms with Crippen molar-refractivity contribution < 1.29 is 14.1 Å². The van der Waals surface area contributed by atoms with Gasteiger partial charge in [-0.25, -0.2) is 4.79 Å². The SMILES string of the molecule is CN1CCN(CC(=O)N2CCC(c3ncon3)CC2)C1=O. The van der Waals surface area contributed by atoms with Crippen molar-refractivity contribution >= 4 is 11.9 Å². The number of likely N-dealkylation sites (tertiary alicyclic amines) is 1. The minimum absolute atomic E-state index is 0.0187. The molecule has 3 rings (SSSR count). The van der Waals surface area contributed by atoms with Crippen LogP contribution in [0.5, 0.6) is 0 Å². The molecule has 2 aliphatic rings. The second-order valence-corrected chi connectivity index (χ2v) is 5.57. The quantitative estimate of drug-likeness (QED) is 0.792. The van der Waals surface area contributed by atoms with Gasteiger partial charge < -0.3 is 19.2 Å². The zero-order valence-electron chi connectivity index (χ0n) is 12.1. The molecule has 0 spiro atoms. The van der Waals surface area contributed by atoms with Gasteiger partial charge in [0.1, 0.15) is 6.54 Å². The van der Waals surface area contributed by atoms with Crippen molar-refractivity contribution in [2.75, 3.05) is 39.8 Å². The molecule has 3 heterocycles. The van der Waals surface area contributed by atoms with E-state index in [0.717, 1.165) is 18.7 Å². The summed E-state index contributed by atoms with van der Waals surface area (Å²) in [6, 6.07) is -0.0648. The van der Waals surface area contributed by atoms with Crippen LogP contribution in [0.3, 0.4) is 0 Å². The third kappa shape index (κ3) is 2.84. The van der Waals surface area contributed by atoms with Crippen LogP contribution in [0.2, 0.25) is 0 Å². The molecule has 0 radical (unpaired) electrons. The van der Waals surface area contributed by atoms with E-state index in [1.807, 2.05) is 4.90 Å². The molecule has 0 N–H and O–H groups in total. The van der Waals surface area contributed by atoms with Crippen molar-refractivity contribution in [3.63, 3.8) is 0 Å². The molecule has 2 aliphatic heterocycles. The summed E-state index contributed by atoms with van der Waals surface area (Å²) < 4.78 is 4.76. The normalized spacial score (nSPS) is 20.4. The zero-order valence-corrected chi connectivity index (χ0v) is 12.1. The Kier molecular flexibility index (Phi) is 3.76. The number of carbonyl (C=O) groups is 2. The van der Waals surface area contributed by atoms with Crippen LogP contribution in [0.25, 0.3) is 0 Å². The van der Waals surface area contributed by atoms with Crippen LogP contribution < -0.4 is 0 Å². The Bertz CT molecular complexity index is 510. The topological polar surface area (TPSA) is 82.8 Å². The van der Waals surface area contributed by atoms with E-state index < -0.39 is 0 Å². The Morgan fingerprint density at radius 2 is 2.10 bits per heavy atom. The Balaban J connectivity index is 1.50. The minimum Gasteiger partial charge on any atom is -0.343 e. The van der Waals surface area contributed by atoms with E-state index >= 15 is 0 Å². The standard InChI is InChI=1S/C13H19N5O3/c1-16-6-7-18(13(16)20)8-11(19)17-4-2-10(3-5-17)12-14-9-21-15-12/h9-10H,2-8H2,1H3. The molecule has 0 aliphatic carbocycles. The highest BCUT2D eigenvalue weighted by molar-refractivity contribution is 5.85. The number of aromatic nitrogens is 2. The lowest BCUT2D eigenvalue weighted by Crippen LogP contribution is -2.44. The summed E-state index contributed by atoms with van der Waals surface area (Å²) in [6.07, 6.45) is 3.00. The molecule has 1 aromatic rings. The fourth-order valence-electron chi connectivity index (χ4n) is 2.86. The first-order valence-corrected chi connectivity index (χ1v) is 7.19. The molecule has 0 bridgehead atoms. The van der Waals surface area contributed by atoms with Crippen LogP contribution in [0, 0.1) is 0 Å². The number of carbonyl (C=O) groups excluding carboxylic acids is 2. The molecule has 21 heavy (non-hydrogen) atoms. The van der Waals surface area contributed by atoms with Crippen LogP contribution in [0.15, 0.2) is 10.9 Å².